The Balaban J connectivity index is 2.24. The SMILES string of the molecule is CCN1CCN(C(CO)c2c(Cl)cccc2Cl)C(C)C1. The lowest BCUT2D eigenvalue weighted by molar-refractivity contribution is 0.0271. The van der Waals surface area contributed by atoms with Crippen LogP contribution in [0.3, 0.4) is 0 Å². The maximum absolute atomic E-state index is 9.85. The predicted molar refractivity (Wildman–Crippen MR) is 84.6 cm³/mol. The van der Waals surface area contributed by atoms with Crippen LogP contribution in [0.15, 0.2) is 18.2 Å². The zero-order chi connectivity index (χ0) is 14.7. The molecule has 0 saturated carbocycles. The topological polar surface area (TPSA) is 26.7 Å². The van der Waals surface area contributed by atoms with Crippen molar-refractivity contribution in [2.24, 2.45) is 0 Å². The Hall–Kier alpha value is -0.320. The van der Waals surface area contributed by atoms with E-state index in [-0.39, 0.29) is 12.6 Å². The average Bonchev–Trinajstić information content (AvgIpc) is 2.43. The van der Waals surface area contributed by atoms with E-state index in [1.807, 2.05) is 18.2 Å². The molecular formula is C15H22Cl2N2O. The zero-order valence-corrected chi connectivity index (χ0v) is 13.5. The van der Waals surface area contributed by atoms with Gasteiger partial charge in [-0.25, -0.2) is 0 Å². The van der Waals surface area contributed by atoms with Gasteiger partial charge < -0.3 is 10.0 Å². The first-order chi connectivity index (χ1) is 9.58. The van der Waals surface area contributed by atoms with Crippen LogP contribution < -0.4 is 0 Å². The summed E-state index contributed by atoms with van der Waals surface area (Å²) in [5, 5.41) is 11.1. The summed E-state index contributed by atoms with van der Waals surface area (Å²) in [6, 6.07) is 5.73. The molecule has 0 amide bonds. The molecule has 2 rings (SSSR count). The summed E-state index contributed by atoms with van der Waals surface area (Å²) >= 11 is 12.6. The van der Waals surface area contributed by atoms with Gasteiger partial charge in [0.2, 0.25) is 0 Å². The Morgan fingerprint density at radius 1 is 1.30 bits per heavy atom. The number of rotatable bonds is 4. The van der Waals surface area contributed by atoms with Crippen molar-refractivity contribution in [3.05, 3.63) is 33.8 Å². The first kappa shape index (κ1) is 16.1. The number of hydrogen-bond donors (Lipinski definition) is 1. The fourth-order valence-electron chi connectivity index (χ4n) is 2.99. The number of piperazine rings is 1. The molecule has 0 bridgehead atoms. The molecule has 0 aromatic heterocycles. The van der Waals surface area contributed by atoms with Crippen LogP contribution in [0.1, 0.15) is 25.5 Å². The van der Waals surface area contributed by atoms with Gasteiger partial charge in [0.15, 0.2) is 0 Å². The fraction of sp³-hybridized carbons (Fsp3) is 0.600. The molecule has 1 aromatic rings. The maximum atomic E-state index is 9.85. The Kier molecular flexibility index (Phi) is 5.70. The molecule has 112 valence electrons. The number of aliphatic hydroxyl groups excluding tert-OH is 1. The molecule has 5 heteroatoms. The molecule has 2 unspecified atom stereocenters. The van der Waals surface area contributed by atoms with E-state index in [1.54, 1.807) is 0 Å². The number of aliphatic hydroxyl groups is 1. The summed E-state index contributed by atoms with van der Waals surface area (Å²) in [6.45, 7) is 8.40. The molecule has 0 aliphatic carbocycles. The van der Waals surface area contributed by atoms with Gasteiger partial charge in [-0.3, -0.25) is 4.90 Å². The van der Waals surface area contributed by atoms with Crippen LogP contribution in [0.5, 0.6) is 0 Å². The van der Waals surface area contributed by atoms with Crippen LogP contribution in [-0.2, 0) is 0 Å². The summed E-state index contributed by atoms with van der Waals surface area (Å²) in [5.74, 6) is 0. The summed E-state index contributed by atoms with van der Waals surface area (Å²) in [6.07, 6.45) is 0. The minimum Gasteiger partial charge on any atom is -0.394 e. The summed E-state index contributed by atoms with van der Waals surface area (Å²) in [4.78, 5) is 4.73. The molecule has 0 spiro atoms. The van der Waals surface area contributed by atoms with Gasteiger partial charge in [-0.05, 0) is 25.6 Å². The van der Waals surface area contributed by atoms with Crippen molar-refractivity contribution in [1.82, 2.24) is 9.80 Å². The van der Waals surface area contributed by atoms with Crippen LogP contribution in [0, 0.1) is 0 Å². The van der Waals surface area contributed by atoms with Crippen molar-refractivity contribution < 1.29 is 5.11 Å². The standard InChI is InChI=1S/C15H22Cl2N2O/c1-3-18-7-8-19(11(2)9-18)14(10-20)15-12(16)5-4-6-13(15)17/h4-6,11,14,20H,3,7-10H2,1-2H3. The largest absolute Gasteiger partial charge is 0.394 e. The molecular weight excluding hydrogens is 295 g/mol. The molecule has 1 heterocycles. The molecule has 0 radical (unpaired) electrons. The Bertz CT molecular complexity index is 435. The average molecular weight is 317 g/mol. The molecule has 1 N–H and O–H groups in total. The van der Waals surface area contributed by atoms with E-state index < -0.39 is 0 Å². The third kappa shape index (κ3) is 3.29. The summed E-state index contributed by atoms with van der Waals surface area (Å²) in [7, 11) is 0. The normalized spacial score (nSPS) is 22.9. The lowest BCUT2D eigenvalue weighted by atomic mass is 10.0. The van der Waals surface area contributed by atoms with Crippen molar-refractivity contribution >= 4 is 23.2 Å². The van der Waals surface area contributed by atoms with Crippen molar-refractivity contribution in [3.8, 4) is 0 Å². The van der Waals surface area contributed by atoms with Gasteiger partial charge >= 0.3 is 0 Å². The second-order valence-electron chi connectivity index (χ2n) is 5.31. The number of nitrogens with zero attached hydrogens (tertiary/aromatic N) is 2. The van der Waals surface area contributed by atoms with E-state index in [0.29, 0.717) is 16.1 Å². The van der Waals surface area contributed by atoms with Gasteiger partial charge in [0.05, 0.1) is 12.6 Å². The van der Waals surface area contributed by atoms with Crippen molar-refractivity contribution in [2.75, 3.05) is 32.8 Å². The first-order valence-electron chi connectivity index (χ1n) is 7.11. The predicted octanol–water partition coefficient (Wildman–Crippen LogP) is 3.05. The molecule has 1 aromatic carbocycles. The van der Waals surface area contributed by atoms with E-state index in [2.05, 4.69) is 23.6 Å². The number of benzene rings is 1. The van der Waals surface area contributed by atoms with Crippen LogP contribution >= 0.6 is 23.2 Å². The molecule has 1 aliphatic rings. The lowest BCUT2D eigenvalue weighted by Gasteiger charge is -2.43. The summed E-state index contributed by atoms with van der Waals surface area (Å²) < 4.78 is 0. The smallest absolute Gasteiger partial charge is 0.0629 e. The van der Waals surface area contributed by atoms with Gasteiger partial charge in [-0.1, -0.05) is 36.2 Å². The van der Waals surface area contributed by atoms with Crippen molar-refractivity contribution in [3.63, 3.8) is 0 Å². The quantitative estimate of drug-likeness (QED) is 0.925. The Labute approximate surface area is 131 Å². The lowest BCUT2D eigenvalue weighted by Crippen LogP contribution is -2.53. The Morgan fingerprint density at radius 3 is 2.45 bits per heavy atom. The monoisotopic (exact) mass is 316 g/mol. The molecule has 1 fully saturated rings. The Morgan fingerprint density at radius 2 is 1.95 bits per heavy atom. The molecule has 20 heavy (non-hydrogen) atoms. The van der Waals surface area contributed by atoms with Gasteiger partial charge in [0, 0.05) is 41.3 Å². The molecule has 1 saturated heterocycles. The molecule has 1 aliphatic heterocycles. The zero-order valence-electron chi connectivity index (χ0n) is 12.0. The van der Waals surface area contributed by atoms with Gasteiger partial charge in [-0.2, -0.15) is 0 Å². The van der Waals surface area contributed by atoms with Gasteiger partial charge in [-0.15, -0.1) is 0 Å². The van der Waals surface area contributed by atoms with E-state index in [1.165, 1.54) is 0 Å². The number of hydrogen-bond acceptors (Lipinski definition) is 3. The minimum atomic E-state index is -0.134. The van der Waals surface area contributed by atoms with Crippen molar-refractivity contribution in [2.45, 2.75) is 25.9 Å². The third-order valence-electron chi connectivity index (χ3n) is 4.12. The van der Waals surface area contributed by atoms with Crippen molar-refractivity contribution in [1.29, 1.82) is 0 Å². The maximum Gasteiger partial charge on any atom is 0.0629 e. The van der Waals surface area contributed by atoms with E-state index in [4.69, 9.17) is 23.2 Å². The molecule has 2 atom stereocenters. The van der Waals surface area contributed by atoms with Crippen LogP contribution in [0.25, 0.3) is 0 Å². The van der Waals surface area contributed by atoms with E-state index in [9.17, 15) is 5.11 Å². The highest BCUT2D eigenvalue weighted by molar-refractivity contribution is 6.36. The highest BCUT2D eigenvalue weighted by atomic mass is 35.5. The van der Waals surface area contributed by atoms with Crippen LogP contribution in [0.2, 0.25) is 10.0 Å². The van der Waals surface area contributed by atoms with Gasteiger partial charge in [0.25, 0.3) is 0 Å². The number of halogens is 2. The third-order valence-corrected chi connectivity index (χ3v) is 4.78. The highest BCUT2D eigenvalue weighted by Gasteiger charge is 2.31. The second kappa shape index (κ2) is 7.10. The second-order valence-corrected chi connectivity index (χ2v) is 6.13. The van der Waals surface area contributed by atoms with E-state index >= 15 is 0 Å². The van der Waals surface area contributed by atoms with E-state index in [0.717, 1.165) is 31.7 Å². The minimum absolute atomic E-state index is 0.0277. The summed E-state index contributed by atoms with van der Waals surface area (Å²) in [5.41, 5.74) is 0.843. The molecule has 3 nitrogen and oxygen atoms in total. The van der Waals surface area contributed by atoms with Crippen LogP contribution in [-0.4, -0.2) is 53.7 Å². The van der Waals surface area contributed by atoms with Gasteiger partial charge in [0.1, 0.15) is 0 Å². The van der Waals surface area contributed by atoms with Crippen LogP contribution in [0.4, 0.5) is 0 Å². The first-order valence-corrected chi connectivity index (χ1v) is 7.87. The fourth-order valence-corrected chi connectivity index (χ4v) is 3.64. The highest BCUT2D eigenvalue weighted by Crippen LogP contribution is 2.35. The number of likely N-dealkylation sites (N-methyl/N-ethyl adjacent to an activating group) is 1.